The molecular formula is C12H24N2O2. The molecule has 0 aromatic heterocycles. The fourth-order valence-electron chi connectivity index (χ4n) is 2.01. The van der Waals surface area contributed by atoms with E-state index in [-0.39, 0.29) is 17.9 Å². The quantitative estimate of drug-likeness (QED) is 0.664. The van der Waals surface area contributed by atoms with Crippen molar-refractivity contribution < 1.29 is 9.53 Å². The number of amides is 1. The zero-order valence-electron chi connectivity index (χ0n) is 10.4. The highest BCUT2D eigenvalue weighted by molar-refractivity contribution is 5.79. The van der Waals surface area contributed by atoms with Crippen molar-refractivity contribution in [1.29, 1.82) is 0 Å². The van der Waals surface area contributed by atoms with Gasteiger partial charge in [0.15, 0.2) is 0 Å². The van der Waals surface area contributed by atoms with Gasteiger partial charge in [-0.3, -0.25) is 4.79 Å². The van der Waals surface area contributed by atoms with E-state index < -0.39 is 0 Å². The summed E-state index contributed by atoms with van der Waals surface area (Å²) < 4.78 is 5.39. The Bertz CT molecular complexity index is 219. The fraction of sp³-hybridized carbons (Fsp3) is 0.917. The van der Waals surface area contributed by atoms with Gasteiger partial charge in [-0.25, -0.2) is 0 Å². The molecule has 0 spiro atoms. The standard InChI is InChI=1S/C12H24N2O2/c1-9(2)8-16-7-6-14-12(15)10-4-3-5-11(10)13/h9-11H,3-8,13H2,1-2H3,(H,14,15). The first kappa shape index (κ1) is 13.5. The van der Waals surface area contributed by atoms with Gasteiger partial charge in [-0.15, -0.1) is 0 Å². The first-order valence-electron chi connectivity index (χ1n) is 6.22. The second kappa shape index (κ2) is 6.86. The number of hydrogen-bond acceptors (Lipinski definition) is 3. The monoisotopic (exact) mass is 228 g/mol. The molecule has 3 N–H and O–H groups in total. The molecular weight excluding hydrogens is 204 g/mol. The zero-order chi connectivity index (χ0) is 12.0. The van der Waals surface area contributed by atoms with Crippen molar-refractivity contribution in [3.05, 3.63) is 0 Å². The molecule has 0 heterocycles. The summed E-state index contributed by atoms with van der Waals surface area (Å²) in [5, 5.41) is 2.88. The molecule has 1 aliphatic rings. The van der Waals surface area contributed by atoms with E-state index >= 15 is 0 Å². The first-order valence-corrected chi connectivity index (χ1v) is 6.22. The summed E-state index contributed by atoms with van der Waals surface area (Å²) >= 11 is 0. The average Bonchev–Trinajstić information content (AvgIpc) is 2.63. The van der Waals surface area contributed by atoms with Crippen molar-refractivity contribution >= 4 is 5.91 Å². The van der Waals surface area contributed by atoms with Gasteiger partial charge in [-0.05, 0) is 18.8 Å². The molecule has 1 rings (SSSR count). The van der Waals surface area contributed by atoms with Crippen LogP contribution in [0.15, 0.2) is 0 Å². The van der Waals surface area contributed by atoms with Crippen molar-refractivity contribution in [1.82, 2.24) is 5.32 Å². The minimum absolute atomic E-state index is 0.0186. The lowest BCUT2D eigenvalue weighted by Gasteiger charge is -2.15. The van der Waals surface area contributed by atoms with E-state index in [0.717, 1.165) is 25.9 Å². The Morgan fingerprint density at radius 2 is 2.25 bits per heavy atom. The number of carbonyl (C=O) groups is 1. The molecule has 94 valence electrons. The van der Waals surface area contributed by atoms with Crippen molar-refractivity contribution in [2.24, 2.45) is 17.6 Å². The predicted octanol–water partition coefficient (Wildman–Crippen LogP) is 0.903. The van der Waals surface area contributed by atoms with Crippen LogP contribution < -0.4 is 11.1 Å². The van der Waals surface area contributed by atoms with Gasteiger partial charge >= 0.3 is 0 Å². The van der Waals surface area contributed by atoms with Gasteiger partial charge in [0.2, 0.25) is 5.91 Å². The predicted molar refractivity (Wildman–Crippen MR) is 64.0 cm³/mol. The molecule has 16 heavy (non-hydrogen) atoms. The summed E-state index contributed by atoms with van der Waals surface area (Å²) in [7, 11) is 0. The largest absolute Gasteiger partial charge is 0.379 e. The number of carbonyl (C=O) groups excluding carboxylic acids is 1. The highest BCUT2D eigenvalue weighted by Gasteiger charge is 2.29. The number of rotatable bonds is 6. The Hall–Kier alpha value is -0.610. The third kappa shape index (κ3) is 4.49. The van der Waals surface area contributed by atoms with Gasteiger partial charge in [0, 0.05) is 19.2 Å². The maximum Gasteiger partial charge on any atom is 0.224 e. The minimum Gasteiger partial charge on any atom is -0.379 e. The van der Waals surface area contributed by atoms with Gasteiger partial charge in [0.05, 0.1) is 12.5 Å². The van der Waals surface area contributed by atoms with E-state index in [2.05, 4.69) is 19.2 Å². The highest BCUT2D eigenvalue weighted by Crippen LogP contribution is 2.23. The summed E-state index contributed by atoms with van der Waals surface area (Å²) in [4.78, 5) is 11.7. The van der Waals surface area contributed by atoms with Crippen LogP contribution in [0.2, 0.25) is 0 Å². The van der Waals surface area contributed by atoms with E-state index in [1.54, 1.807) is 0 Å². The number of hydrogen-bond donors (Lipinski definition) is 2. The molecule has 0 saturated heterocycles. The lowest BCUT2D eigenvalue weighted by atomic mass is 10.0. The molecule has 2 atom stereocenters. The van der Waals surface area contributed by atoms with Crippen molar-refractivity contribution in [3.63, 3.8) is 0 Å². The Morgan fingerprint density at radius 1 is 1.50 bits per heavy atom. The van der Waals surface area contributed by atoms with Crippen molar-refractivity contribution in [2.45, 2.75) is 39.2 Å². The molecule has 0 aromatic carbocycles. The number of nitrogens with one attached hydrogen (secondary N) is 1. The van der Waals surface area contributed by atoms with E-state index in [0.29, 0.717) is 19.1 Å². The molecule has 0 bridgehead atoms. The lowest BCUT2D eigenvalue weighted by Crippen LogP contribution is -2.39. The van der Waals surface area contributed by atoms with Gasteiger partial charge in [-0.1, -0.05) is 20.3 Å². The Morgan fingerprint density at radius 3 is 2.81 bits per heavy atom. The molecule has 4 nitrogen and oxygen atoms in total. The molecule has 0 radical (unpaired) electrons. The third-order valence-electron chi connectivity index (χ3n) is 2.90. The summed E-state index contributed by atoms with van der Waals surface area (Å²) in [6.07, 6.45) is 2.98. The molecule has 0 aliphatic heterocycles. The molecule has 0 aromatic rings. The van der Waals surface area contributed by atoms with Crippen LogP contribution in [0.3, 0.4) is 0 Å². The highest BCUT2D eigenvalue weighted by atomic mass is 16.5. The number of nitrogens with two attached hydrogens (primary N) is 1. The van der Waals surface area contributed by atoms with Crippen LogP contribution in [0.25, 0.3) is 0 Å². The second-order valence-electron chi connectivity index (χ2n) is 4.96. The SMILES string of the molecule is CC(C)COCCNC(=O)C1CCCC1N. The van der Waals surface area contributed by atoms with Crippen LogP contribution in [-0.4, -0.2) is 31.7 Å². The summed E-state index contributed by atoms with van der Waals surface area (Å²) in [5.41, 5.74) is 5.86. The summed E-state index contributed by atoms with van der Waals surface area (Å²) in [6.45, 7) is 6.14. The average molecular weight is 228 g/mol. The second-order valence-corrected chi connectivity index (χ2v) is 4.96. The van der Waals surface area contributed by atoms with Gasteiger partial charge in [0.25, 0.3) is 0 Å². The van der Waals surface area contributed by atoms with Crippen LogP contribution in [0.1, 0.15) is 33.1 Å². The molecule has 1 aliphatic carbocycles. The molecule has 1 amide bonds. The molecule has 4 heteroatoms. The smallest absolute Gasteiger partial charge is 0.224 e. The fourth-order valence-corrected chi connectivity index (χ4v) is 2.01. The van der Waals surface area contributed by atoms with E-state index in [9.17, 15) is 4.79 Å². The maximum absolute atomic E-state index is 11.7. The van der Waals surface area contributed by atoms with Crippen LogP contribution in [0.4, 0.5) is 0 Å². The third-order valence-corrected chi connectivity index (χ3v) is 2.90. The zero-order valence-corrected chi connectivity index (χ0v) is 10.4. The molecule has 1 fully saturated rings. The van der Waals surface area contributed by atoms with Crippen LogP contribution in [0, 0.1) is 11.8 Å². The maximum atomic E-state index is 11.7. The molecule has 1 saturated carbocycles. The Labute approximate surface area is 97.9 Å². The van der Waals surface area contributed by atoms with Gasteiger partial charge in [0.1, 0.15) is 0 Å². The molecule has 2 unspecified atom stereocenters. The van der Waals surface area contributed by atoms with Gasteiger partial charge < -0.3 is 15.8 Å². The topological polar surface area (TPSA) is 64.3 Å². The van der Waals surface area contributed by atoms with Crippen LogP contribution in [-0.2, 0) is 9.53 Å². The lowest BCUT2D eigenvalue weighted by molar-refractivity contribution is -0.125. The first-order chi connectivity index (χ1) is 7.61. The normalized spacial score (nSPS) is 25.0. The van der Waals surface area contributed by atoms with E-state index in [4.69, 9.17) is 10.5 Å². The van der Waals surface area contributed by atoms with E-state index in [1.807, 2.05) is 0 Å². The van der Waals surface area contributed by atoms with Crippen LogP contribution in [0.5, 0.6) is 0 Å². The minimum atomic E-state index is 0.0186. The van der Waals surface area contributed by atoms with Gasteiger partial charge in [-0.2, -0.15) is 0 Å². The Balaban J connectivity index is 2.06. The Kier molecular flexibility index (Phi) is 5.77. The number of ether oxygens (including phenoxy) is 1. The van der Waals surface area contributed by atoms with E-state index in [1.165, 1.54) is 0 Å². The van der Waals surface area contributed by atoms with Crippen molar-refractivity contribution in [3.8, 4) is 0 Å². The summed E-state index contributed by atoms with van der Waals surface area (Å²) in [5.74, 6) is 0.655. The van der Waals surface area contributed by atoms with Crippen LogP contribution >= 0.6 is 0 Å². The summed E-state index contributed by atoms with van der Waals surface area (Å²) in [6, 6.07) is 0.0524. The van der Waals surface area contributed by atoms with Crippen molar-refractivity contribution in [2.75, 3.05) is 19.8 Å².